The van der Waals surface area contributed by atoms with Gasteiger partial charge in [0, 0.05) is 26.2 Å². The molecule has 1 fully saturated rings. The summed E-state index contributed by atoms with van der Waals surface area (Å²) in [5.74, 6) is 0.961. The molecule has 2 rings (SSSR count). The molecule has 1 saturated heterocycles. The van der Waals surface area contributed by atoms with Crippen LogP contribution in [0.15, 0.2) is 30.3 Å². The topological polar surface area (TPSA) is 40.6 Å². The minimum Gasteiger partial charge on any atom is -0.301 e. The van der Waals surface area contributed by atoms with Crippen molar-refractivity contribution in [2.75, 3.05) is 38.5 Å². The predicted molar refractivity (Wildman–Crippen MR) is 96.0 cm³/mol. The Morgan fingerprint density at radius 2 is 1.70 bits per heavy atom. The minimum atomic E-state index is -3.10. The Morgan fingerprint density at radius 3 is 2.30 bits per heavy atom. The third-order valence-electron chi connectivity index (χ3n) is 4.46. The van der Waals surface area contributed by atoms with Crippen LogP contribution < -0.4 is 0 Å². The quantitative estimate of drug-likeness (QED) is 0.731. The van der Waals surface area contributed by atoms with Crippen molar-refractivity contribution in [1.29, 1.82) is 0 Å². The van der Waals surface area contributed by atoms with Crippen molar-refractivity contribution < 1.29 is 8.42 Å². The van der Waals surface area contributed by atoms with Gasteiger partial charge in [0.05, 0.1) is 5.75 Å². The highest BCUT2D eigenvalue weighted by atomic mass is 32.2. The lowest BCUT2D eigenvalue weighted by Crippen LogP contribution is -2.49. The van der Waals surface area contributed by atoms with E-state index in [2.05, 4.69) is 30.9 Å². The van der Waals surface area contributed by atoms with Gasteiger partial charge in [-0.25, -0.2) is 8.42 Å². The number of aryl methyl sites for hydroxylation is 1. The lowest BCUT2D eigenvalue weighted by Gasteiger charge is -2.34. The Hall–Kier alpha value is -0.910. The first-order valence-corrected chi connectivity index (χ1v) is 10.3. The van der Waals surface area contributed by atoms with E-state index < -0.39 is 10.0 Å². The molecule has 0 N–H and O–H groups in total. The second-order valence-electron chi connectivity index (χ2n) is 6.83. The van der Waals surface area contributed by atoms with Crippen LogP contribution in [0.2, 0.25) is 0 Å². The van der Waals surface area contributed by atoms with Gasteiger partial charge in [-0.15, -0.1) is 0 Å². The van der Waals surface area contributed by atoms with Gasteiger partial charge < -0.3 is 4.90 Å². The molecule has 4 nitrogen and oxygen atoms in total. The normalized spacial score (nSPS) is 17.7. The summed E-state index contributed by atoms with van der Waals surface area (Å²) in [6, 6.07) is 10.1. The molecule has 0 aliphatic carbocycles. The summed E-state index contributed by atoms with van der Waals surface area (Å²) in [6.45, 7) is 8.56. The number of nitrogens with zero attached hydrogens (tertiary/aromatic N) is 2. The van der Waals surface area contributed by atoms with E-state index in [1.807, 2.05) is 18.2 Å². The maximum absolute atomic E-state index is 12.5. The smallest absolute Gasteiger partial charge is 0.214 e. The van der Waals surface area contributed by atoms with Gasteiger partial charge in [-0.2, -0.15) is 4.31 Å². The average molecular weight is 339 g/mol. The van der Waals surface area contributed by atoms with Gasteiger partial charge in [0.1, 0.15) is 0 Å². The third kappa shape index (κ3) is 6.24. The highest BCUT2D eigenvalue weighted by molar-refractivity contribution is 7.89. The predicted octanol–water partition coefficient (Wildman–Crippen LogP) is 2.61. The fourth-order valence-corrected chi connectivity index (χ4v) is 4.39. The standard InChI is InChI=1S/C18H30N2O2S/c1-17(2)10-11-19-12-14-20(15-13-19)23(21,22)16-6-9-18-7-4-3-5-8-18/h3-5,7-8,17H,6,9-16H2,1-2H3. The van der Waals surface area contributed by atoms with Gasteiger partial charge in [-0.3, -0.25) is 0 Å². The fourth-order valence-electron chi connectivity index (χ4n) is 2.90. The summed E-state index contributed by atoms with van der Waals surface area (Å²) < 4.78 is 26.6. The van der Waals surface area contributed by atoms with Crippen LogP contribution in [0.5, 0.6) is 0 Å². The number of hydrogen-bond donors (Lipinski definition) is 0. The molecule has 23 heavy (non-hydrogen) atoms. The van der Waals surface area contributed by atoms with Gasteiger partial charge in [0.15, 0.2) is 0 Å². The number of sulfonamides is 1. The Labute approximate surface area is 141 Å². The first-order chi connectivity index (χ1) is 11.0. The van der Waals surface area contributed by atoms with Crippen LogP contribution in [0.25, 0.3) is 0 Å². The Bertz CT molecular complexity index is 550. The number of piperazine rings is 1. The zero-order chi connectivity index (χ0) is 16.7. The van der Waals surface area contributed by atoms with E-state index in [4.69, 9.17) is 0 Å². The van der Waals surface area contributed by atoms with Crippen molar-refractivity contribution >= 4 is 10.0 Å². The van der Waals surface area contributed by atoms with Crippen molar-refractivity contribution in [3.63, 3.8) is 0 Å². The van der Waals surface area contributed by atoms with Crippen molar-refractivity contribution in [1.82, 2.24) is 9.21 Å². The second kappa shape index (κ2) is 8.81. The summed E-state index contributed by atoms with van der Waals surface area (Å²) in [5, 5.41) is 0. The maximum atomic E-state index is 12.5. The Kier molecular flexibility index (Phi) is 7.06. The molecule has 0 aromatic heterocycles. The van der Waals surface area contributed by atoms with E-state index in [9.17, 15) is 8.42 Å². The third-order valence-corrected chi connectivity index (χ3v) is 6.41. The molecular formula is C18H30N2O2S. The van der Waals surface area contributed by atoms with E-state index in [1.165, 1.54) is 12.0 Å². The van der Waals surface area contributed by atoms with Crippen molar-refractivity contribution in [2.45, 2.75) is 33.1 Å². The highest BCUT2D eigenvalue weighted by Crippen LogP contribution is 2.12. The van der Waals surface area contributed by atoms with E-state index in [0.29, 0.717) is 25.4 Å². The molecule has 0 amide bonds. The molecule has 0 bridgehead atoms. The van der Waals surface area contributed by atoms with Gasteiger partial charge in [-0.1, -0.05) is 44.2 Å². The first-order valence-electron chi connectivity index (χ1n) is 8.71. The lowest BCUT2D eigenvalue weighted by atomic mass is 10.1. The molecule has 1 aromatic carbocycles. The summed E-state index contributed by atoms with van der Waals surface area (Å²) >= 11 is 0. The number of rotatable bonds is 8. The zero-order valence-corrected chi connectivity index (χ0v) is 15.3. The van der Waals surface area contributed by atoms with Crippen molar-refractivity contribution in [3.05, 3.63) is 35.9 Å². The average Bonchev–Trinajstić information content (AvgIpc) is 2.54. The summed E-state index contributed by atoms with van der Waals surface area (Å²) in [7, 11) is -3.10. The zero-order valence-electron chi connectivity index (χ0n) is 14.4. The maximum Gasteiger partial charge on any atom is 0.214 e. The molecule has 1 aliphatic rings. The molecule has 1 aromatic rings. The van der Waals surface area contributed by atoms with Crippen LogP contribution in [-0.2, 0) is 16.4 Å². The van der Waals surface area contributed by atoms with E-state index >= 15 is 0 Å². The highest BCUT2D eigenvalue weighted by Gasteiger charge is 2.26. The van der Waals surface area contributed by atoms with E-state index in [1.54, 1.807) is 4.31 Å². The number of benzene rings is 1. The molecule has 5 heteroatoms. The minimum absolute atomic E-state index is 0.258. The fraction of sp³-hybridized carbons (Fsp3) is 0.667. The van der Waals surface area contributed by atoms with Gasteiger partial charge >= 0.3 is 0 Å². The molecule has 0 saturated carbocycles. The molecule has 1 aliphatic heterocycles. The van der Waals surface area contributed by atoms with Gasteiger partial charge in [0.2, 0.25) is 10.0 Å². The van der Waals surface area contributed by atoms with Crippen molar-refractivity contribution in [2.24, 2.45) is 5.92 Å². The van der Waals surface area contributed by atoms with E-state index in [0.717, 1.165) is 26.1 Å². The molecule has 0 unspecified atom stereocenters. The van der Waals surface area contributed by atoms with Crippen LogP contribution in [0, 0.1) is 5.92 Å². The van der Waals surface area contributed by atoms with Crippen LogP contribution in [0.4, 0.5) is 0 Å². The Balaban J connectivity index is 1.73. The lowest BCUT2D eigenvalue weighted by molar-refractivity contribution is 0.180. The molecule has 0 radical (unpaired) electrons. The molecule has 130 valence electrons. The monoisotopic (exact) mass is 338 g/mol. The number of hydrogen-bond acceptors (Lipinski definition) is 3. The summed E-state index contributed by atoms with van der Waals surface area (Å²) in [6.07, 6.45) is 2.71. The SMILES string of the molecule is CC(C)CCN1CCN(S(=O)(=O)CCCc2ccccc2)CC1. The van der Waals surface area contributed by atoms with Crippen molar-refractivity contribution in [3.8, 4) is 0 Å². The van der Waals surface area contributed by atoms with Crippen LogP contribution in [-0.4, -0.2) is 56.1 Å². The summed E-state index contributed by atoms with van der Waals surface area (Å²) in [4.78, 5) is 2.38. The van der Waals surface area contributed by atoms with Crippen LogP contribution >= 0.6 is 0 Å². The van der Waals surface area contributed by atoms with Gasteiger partial charge in [0.25, 0.3) is 0 Å². The van der Waals surface area contributed by atoms with Crippen LogP contribution in [0.3, 0.4) is 0 Å². The molecule has 0 atom stereocenters. The molecule has 0 spiro atoms. The summed E-state index contributed by atoms with van der Waals surface area (Å²) in [5.41, 5.74) is 1.21. The van der Waals surface area contributed by atoms with Crippen LogP contribution in [0.1, 0.15) is 32.3 Å². The first kappa shape index (κ1) is 18.4. The molecule has 1 heterocycles. The van der Waals surface area contributed by atoms with Gasteiger partial charge in [-0.05, 0) is 37.3 Å². The largest absolute Gasteiger partial charge is 0.301 e. The molecular weight excluding hydrogens is 308 g/mol. The Morgan fingerprint density at radius 1 is 1.04 bits per heavy atom. The van der Waals surface area contributed by atoms with E-state index in [-0.39, 0.29) is 5.75 Å². The second-order valence-corrected chi connectivity index (χ2v) is 8.92.